The number of aliphatic carboxylic acids is 1. The quantitative estimate of drug-likeness (QED) is 0.749. The summed E-state index contributed by atoms with van der Waals surface area (Å²) in [6.45, 7) is 3.66. The fourth-order valence-electron chi connectivity index (χ4n) is 3.21. The Balaban J connectivity index is 0.000000318. The molecule has 2 aromatic rings. The van der Waals surface area contributed by atoms with Crippen molar-refractivity contribution in [3.63, 3.8) is 0 Å². The number of carbonyl (C=O) groups is 2. The van der Waals surface area contributed by atoms with Gasteiger partial charge in [0, 0.05) is 37.5 Å². The highest BCUT2D eigenvalue weighted by atomic mass is 32.2. The molecule has 2 aliphatic heterocycles. The summed E-state index contributed by atoms with van der Waals surface area (Å²) in [5.74, 6) is -0.918. The Labute approximate surface area is 179 Å². The summed E-state index contributed by atoms with van der Waals surface area (Å²) in [7, 11) is 0. The molecule has 0 aromatic carbocycles. The third-order valence-corrected chi connectivity index (χ3v) is 7.22. The van der Waals surface area contributed by atoms with Crippen molar-refractivity contribution in [3.05, 3.63) is 46.3 Å². The van der Waals surface area contributed by atoms with Gasteiger partial charge in [-0.1, -0.05) is 6.07 Å². The summed E-state index contributed by atoms with van der Waals surface area (Å²) in [5, 5.41) is 9.11. The maximum absolute atomic E-state index is 12.5. The first-order valence-electron chi connectivity index (χ1n) is 8.95. The zero-order valence-corrected chi connectivity index (χ0v) is 17.5. The number of aromatic nitrogens is 1. The van der Waals surface area contributed by atoms with E-state index >= 15 is 0 Å². The van der Waals surface area contributed by atoms with Crippen molar-refractivity contribution in [1.29, 1.82) is 0 Å². The van der Waals surface area contributed by atoms with E-state index in [1.807, 2.05) is 53.2 Å². The fraction of sp³-hybridized carbons (Fsp3) is 0.421. The average Bonchev–Trinajstić information content (AvgIpc) is 3.27. The number of hydrogen-bond acceptors (Lipinski definition) is 6. The zero-order chi connectivity index (χ0) is 21.9. The number of pyridine rings is 1. The lowest BCUT2D eigenvalue weighted by Crippen LogP contribution is -2.60. The molecule has 162 valence electrons. The predicted octanol–water partition coefficient (Wildman–Crippen LogP) is 3.86. The Kier molecular flexibility index (Phi) is 6.61. The van der Waals surface area contributed by atoms with Crippen LogP contribution >= 0.6 is 23.1 Å². The number of thiophene rings is 1. The molecule has 2 aliphatic rings. The number of aryl methyl sites for hydroxylation is 1. The van der Waals surface area contributed by atoms with Gasteiger partial charge >= 0.3 is 12.1 Å². The Hall–Kier alpha value is -2.27. The second-order valence-corrected chi connectivity index (χ2v) is 9.41. The number of nitrogens with zero attached hydrogens (tertiary/aromatic N) is 2. The van der Waals surface area contributed by atoms with Gasteiger partial charge < -0.3 is 14.7 Å². The van der Waals surface area contributed by atoms with E-state index in [9.17, 15) is 18.0 Å². The summed E-state index contributed by atoms with van der Waals surface area (Å²) < 4.78 is 37.9. The number of ether oxygens (including phenoxy) is 1. The van der Waals surface area contributed by atoms with Gasteiger partial charge in [-0.25, -0.2) is 9.78 Å². The number of thioether (sulfide) groups is 1. The molecule has 1 amide bonds. The highest BCUT2D eigenvalue weighted by Gasteiger charge is 2.51. The van der Waals surface area contributed by atoms with Gasteiger partial charge in [0.05, 0.1) is 9.62 Å². The number of halogens is 3. The molecule has 4 heterocycles. The SMILES string of the molecule is Cc1ccsc1C(=O)N1CC2(CC(Oc3ccccn3)CS2)C1.O=C(O)C(F)(F)F. The normalized spacial score (nSPS) is 19.6. The average molecular weight is 460 g/mol. The van der Waals surface area contributed by atoms with E-state index in [0.29, 0.717) is 5.88 Å². The number of amides is 1. The highest BCUT2D eigenvalue weighted by Crippen LogP contribution is 2.46. The number of carbonyl (C=O) groups excluding carboxylic acids is 1. The van der Waals surface area contributed by atoms with Crippen LogP contribution < -0.4 is 4.74 Å². The van der Waals surface area contributed by atoms with Crippen molar-refractivity contribution < 1.29 is 32.6 Å². The monoisotopic (exact) mass is 460 g/mol. The molecule has 2 fully saturated rings. The molecule has 0 aliphatic carbocycles. The number of likely N-dealkylation sites (tertiary alicyclic amines) is 1. The van der Waals surface area contributed by atoms with Crippen molar-refractivity contribution in [1.82, 2.24) is 9.88 Å². The maximum atomic E-state index is 12.5. The molecular weight excluding hydrogens is 441 g/mol. The van der Waals surface area contributed by atoms with Gasteiger partial charge in [-0.15, -0.1) is 23.1 Å². The van der Waals surface area contributed by atoms with Gasteiger partial charge in [-0.2, -0.15) is 13.2 Å². The van der Waals surface area contributed by atoms with Gasteiger partial charge in [0.2, 0.25) is 5.88 Å². The lowest BCUT2D eigenvalue weighted by Gasteiger charge is -2.47. The summed E-state index contributed by atoms with van der Waals surface area (Å²) in [6.07, 6.45) is -2.16. The second-order valence-electron chi connectivity index (χ2n) is 7.00. The molecule has 0 bridgehead atoms. The van der Waals surface area contributed by atoms with E-state index in [0.717, 1.165) is 35.7 Å². The lowest BCUT2D eigenvalue weighted by atomic mass is 9.92. The topological polar surface area (TPSA) is 79.7 Å². The molecule has 0 radical (unpaired) electrons. The zero-order valence-electron chi connectivity index (χ0n) is 15.9. The number of alkyl halides is 3. The molecule has 0 saturated carbocycles. The van der Waals surface area contributed by atoms with Crippen LogP contribution in [-0.4, -0.2) is 62.7 Å². The molecule has 2 saturated heterocycles. The largest absolute Gasteiger partial charge is 0.490 e. The van der Waals surface area contributed by atoms with Crippen molar-refractivity contribution in [2.45, 2.75) is 30.4 Å². The molecule has 1 atom stereocenters. The molecule has 1 unspecified atom stereocenters. The Morgan fingerprint density at radius 3 is 2.53 bits per heavy atom. The number of hydrogen-bond donors (Lipinski definition) is 1. The second kappa shape index (κ2) is 8.84. The predicted molar refractivity (Wildman–Crippen MR) is 107 cm³/mol. The highest BCUT2D eigenvalue weighted by molar-refractivity contribution is 8.01. The Bertz CT molecular complexity index is 899. The number of rotatable bonds is 3. The van der Waals surface area contributed by atoms with E-state index < -0.39 is 12.1 Å². The lowest BCUT2D eigenvalue weighted by molar-refractivity contribution is -0.192. The number of carboxylic acids is 1. The van der Waals surface area contributed by atoms with Gasteiger partial charge in [0.1, 0.15) is 6.10 Å². The Morgan fingerprint density at radius 2 is 2.00 bits per heavy atom. The fourth-order valence-corrected chi connectivity index (χ4v) is 5.63. The van der Waals surface area contributed by atoms with E-state index in [2.05, 4.69) is 4.98 Å². The van der Waals surface area contributed by atoms with Crippen molar-refractivity contribution in [2.24, 2.45) is 0 Å². The van der Waals surface area contributed by atoms with Crippen molar-refractivity contribution in [3.8, 4) is 5.88 Å². The first-order valence-corrected chi connectivity index (χ1v) is 10.8. The van der Waals surface area contributed by atoms with Crippen LogP contribution in [0, 0.1) is 6.92 Å². The summed E-state index contributed by atoms with van der Waals surface area (Å²) in [4.78, 5) is 28.5. The van der Waals surface area contributed by atoms with Crippen LogP contribution in [0.2, 0.25) is 0 Å². The molecule has 11 heteroatoms. The molecule has 30 heavy (non-hydrogen) atoms. The first-order chi connectivity index (χ1) is 14.1. The standard InChI is InChI=1S/C17H18N2O2S2.C2HF3O2/c1-12-5-7-22-15(12)16(20)19-10-17(11-19)8-13(9-23-17)21-14-4-2-3-6-18-14;3-2(4,5)1(6)7/h2-7,13H,8-11H2,1H3;(H,6,7). The number of carboxylic acid groups (broad SMARTS) is 1. The molecular formula is C19H19F3N2O4S2. The Morgan fingerprint density at radius 1 is 1.30 bits per heavy atom. The minimum absolute atomic E-state index is 0.179. The summed E-state index contributed by atoms with van der Waals surface area (Å²) in [5.41, 5.74) is 1.08. The van der Waals surface area contributed by atoms with Crippen LogP contribution in [0.5, 0.6) is 5.88 Å². The summed E-state index contributed by atoms with van der Waals surface area (Å²) >= 11 is 3.48. The third-order valence-electron chi connectivity index (χ3n) is 4.64. The molecule has 1 spiro atoms. The van der Waals surface area contributed by atoms with E-state index in [-0.39, 0.29) is 16.8 Å². The minimum Gasteiger partial charge on any atom is -0.475 e. The molecule has 2 aromatic heterocycles. The van der Waals surface area contributed by atoms with Crippen LogP contribution in [0.25, 0.3) is 0 Å². The van der Waals surface area contributed by atoms with Crippen LogP contribution in [0.3, 0.4) is 0 Å². The van der Waals surface area contributed by atoms with Crippen LogP contribution in [0.4, 0.5) is 13.2 Å². The van der Waals surface area contributed by atoms with Gasteiger partial charge in [-0.3, -0.25) is 4.79 Å². The van der Waals surface area contributed by atoms with Crippen molar-refractivity contribution in [2.75, 3.05) is 18.8 Å². The molecule has 4 rings (SSSR count). The maximum Gasteiger partial charge on any atom is 0.490 e. The van der Waals surface area contributed by atoms with Crippen LogP contribution in [0.1, 0.15) is 21.7 Å². The van der Waals surface area contributed by atoms with Crippen LogP contribution in [0.15, 0.2) is 35.8 Å². The van der Waals surface area contributed by atoms with Gasteiger partial charge in [0.25, 0.3) is 5.91 Å². The van der Waals surface area contributed by atoms with E-state index in [4.69, 9.17) is 14.6 Å². The van der Waals surface area contributed by atoms with E-state index in [1.54, 1.807) is 6.20 Å². The van der Waals surface area contributed by atoms with Crippen molar-refractivity contribution >= 4 is 35.0 Å². The van der Waals surface area contributed by atoms with Gasteiger partial charge in [-0.05, 0) is 30.0 Å². The van der Waals surface area contributed by atoms with Gasteiger partial charge in [0.15, 0.2) is 0 Å². The molecule has 6 nitrogen and oxygen atoms in total. The third kappa shape index (κ3) is 5.25. The first kappa shape index (κ1) is 22.4. The minimum atomic E-state index is -5.08. The molecule has 1 N–H and O–H groups in total. The smallest absolute Gasteiger partial charge is 0.475 e. The van der Waals surface area contributed by atoms with E-state index in [1.165, 1.54) is 11.3 Å². The van der Waals surface area contributed by atoms with Crippen LogP contribution in [-0.2, 0) is 4.79 Å². The summed E-state index contributed by atoms with van der Waals surface area (Å²) in [6, 6.07) is 7.73.